The van der Waals surface area contributed by atoms with E-state index in [0.717, 1.165) is 0 Å². The van der Waals surface area contributed by atoms with Crippen LogP contribution >= 0.6 is 23.4 Å². The number of thioether (sulfide) groups is 1. The van der Waals surface area contributed by atoms with Crippen molar-refractivity contribution in [3.8, 4) is 0 Å². The van der Waals surface area contributed by atoms with E-state index in [9.17, 15) is 4.39 Å². The van der Waals surface area contributed by atoms with Crippen molar-refractivity contribution < 1.29 is 13.9 Å². The molecule has 1 heterocycles. The lowest BCUT2D eigenvalue weighted by molar-refractivity contribution is -0.113. The molecule has 0 aliphatic rings. The smallest absolute Gasteiger partial charge is 0.209 e. The van der Waals surface area contributed by atoms with E-state index in [1.165, 1.54) is 38.1 Å². The van der Waals surface area contributed by atoms with Gasteiger partial charge in [-0.2, -0.15) is 0 Å². The van der Waals surface area contributed by atoms with E-state index in [0.29, 0.717) is 28.0 Å². The number of benzene rings is 1. The summed E-state index contributed by atoms with van der Waals surface area (Å²) in [6.07, 6.45) is -0.448. The molecule has 2 aromatic rings. The van der Waals surface area contributed by atoms with E-state index < -0.39 is 6.29 Å². The molecule has 1 aromatic carbocycles. The lowest BCUT2D eigenvalue weighted by atomic mass is 10.2. The fourth-order valence-corrected chi connectivity index (χ4v) is 2.65. The zero-order valence-electron chi connectivity index (χ0n) is 11.5. The molecule has 0 aliphatic carbocycles. The zero-order valence-corrected chi connectivity index (χ0v) is 13.1. The maximum atomic E-state index is 13.6. The van der Waals surface area contributed by atoms with Crippen LogP contribution in [0.4, 0.5) is 4.39 Å². The molecule has 114 valence electrons. The van der Waals surface area contributed by atoms with Gasteiger partial charge in [-0.05, 0) is 34.2 Å². The van der Waals surface area contributed by atoms with E-state index in [1.54, 1.807) is 10.7 Å². The molecule has 6 nitrogen and oxygen atoms in total. The Balaban J connectivity index is 2.04. The van der Waals surface area contributed by atoms with Crippen LogP contribution in [-0.2, 0) is 21.8 Å². The van der Waals surface area contributed by atoms with Crippen LogP contribution in [0, 0.1) is 5.82 Å². The highest BCUT2D eigenvalue weighted by atomic mass is 35.5. The van der Waals surface area contributed by atoms with Crippen molar-refractivity contribution in [3.05, 3.63) is 34.6 Å². The van der Waals surface area contributed by atoms with E-state index in [-0.39, 0.29) is 5.82 Å². The Kier molecular flexibility index (Phi) is 5.92. The lowest BCUT2D eigenvalue weighted by Crippen LogP contribution is -2.21. The van der Waals surface area contributed by atoms with Crippen LogP contribution in [0.5, 0.6) is 0 Å². The van der Waals surface area contributed by atoms with Crippen molar-refractivity contribution >= 4 is 23.4 Å². The molecular weight excluding hydrogens is 319 g/mol. The van der Waals surface area contributed by atoms with Gasteiger partial charge in [0.15, 0.2) is 6.29 Å². The summed E-state index contributed by atoms with van der Waals surface area (Å²) in [5.74, 6) is 0.0646. The average molecular weight is 333 g/mol. The van der Waals surface area contributed by atoms with Gasteiger partial charge in [-0.3, -0.25) is 0 Å². The molecule has 0 bridgehead atoms. The van der Waals surface area contributed by atoms with Gasteiger partial charge in [0, 0.05) is 25.0 Å². The van der Waals surface area contributed by atoms with Crippen LogP contribution in [0.2, 0.25) is 5.02 Å². The van der Waals surface area contributed by atoms with E-state index in [4.69, 9.17) is 21.1 Å². The lowest BCUT2D eigenvalue weighted by Gasteiger charge is -2.13. The molecule has 1 aromatic heterocycles. The number of tetrazole rings is 1. The Hall–Kier alpha value is -1.22. The standard InChI is InChI=1S/C12H14ClFN4O2S/c1-19-11(20-2)6-18-12(15-16-17-18)21-7-8-5-9(13)3-4-10(8)14/h3-5,11H,6-7H2,1-2H3. The maximum absolute atomic E-state index is 13.6. The van der Waals surface area contributed by atoms with Crippen molar-refractivity contribution in [1.82, 2.24) is 20.2 Å². The molecular formula is C12H14ClFN4O2S. The molecule has 0 saturated heterocycles. The van der Waals surface area contributed by atoms with Crippen molar-refractivity contribution in [1.29, 1.82) is 0 Å². The van der Waals surface area contributed by atoms with Crippen LogP contribution in [0.3, 0.4) is 0 Å². The van der Waals surface area contributed by atoms with Gasteiger partial charge in [-0.25, -0.2) is 9.07 Å². The Bertz CT molecular complexity index is 594. The molecule has 0 spiro atoms. The molecule has 0 fully saturated rings. The number of hydrogen-bond donors (Lipinski definition) is 0. The Labute approximate surface area is 130 Å². The molecule has 0 unspecified atom stereocenters. The largest absolute Gasteiger partial charge is 0.354 e. The molecule has 0 saturated carbocycles. The summed E-state index contributed by atoms with van der Waals surface area (Å²) in [5.41, 5.74) is 0.497. The Morgan fingerprint density at radius 2 is 2.14 bits per heavy atom. The zero-order chi connectivity index (χ0) is 15.2. The highest BCUT2D eigenvalue weighted by Gasteiger charge is 2.14. The normalized spacial score (nSPS) is 11.3. The second kappa shape index (κ2) is 7.69. The molecule has 0 radical (unpaired) electrons. The summed E-state index contributed by atoms with van der Waals surface area (Å²) in [6.45, 7) is 0.348. The average Bonchev–Trinajstić information content (AvgIpc) is 2.93. The topological polar surface area (TPSA) is 62.1 Å². The van der Waals surface area contributed by atoms with Gasteiger partial charge in [-0.15, -0.1) is 5.10 Å². The van der Waals surface area contributed by atoms with Gasteiger partial charge < -0.3 is 9.47 Å². The molecule has 0 amide bonds. The van der Waals surface area contributed by atoms with E-state index >= 15 is 0 Å². The van der Waals surface area contributed by atoms with Crippen LogP contribution < -0.4 is 0 Å². The van der Waals surface area contributed by atoms with Crippen molar-refractivity contribution in [2.24, 2.45) is 0 Å². The Morgan fingerprint density at radius 3 is 2.86 bits per heavy atom. The first-order chi connectivity index (χ1) is 10.1. The number of nitrogens with zero attached hydrogens (tertiary/aromatic N) is 4. The fourth-order valence-electron chi connectivity index (χ4n) is 1.60. The van der Waals surface area contributed by atoms with Gasteiger partial charge in [0.05, 0.1) is 6.54 Å². The van der Waals surface area contributed by atoms with Gasteiger partial charge >= 0.3 is 0 Å². The predicted molar refractivity (Wildman–Crippen MR) is 76.6 cm³/mol. The SMILES string of the molecule is COC(Cn1nnnc1SCc1cc(Cl)ccc1F)OC. The number of aromatic nitrogens is 4. The second-order valence-corrected chi connectivity index (χ2v) is 5.45. The fraction of sp³-hybridized carbons (Fsp3) is 0.417. The minimum Gasteiger partial charge on any atom is -0.354 e. The molecule has 0 atom stereocenters. The van der Waals surface area contributed by atoms with Crippen LogP contribution in [-0.4, -0.2) is 40.7 Å². The minimum absolute atomic E-state index is 0.308. The Morgan fingerprint density at radius 1 is 1.38 bits per heavy atom. The van der Waals surface area contributed by atoms with Crippen LogP contribution in [0.25, 0.3) is 0 Å². The summed E-state index contributed by atoms with van der Waals surface area (Å²) < 4.78 is 25.4. The van der Waals surface area contributed by atoms with E-state index in [1.807, 2.05) is 0 Å². The first-order valence-electron chi connectivity index (χ1n) is 6.02. The quantitative estimate of drug-likeness (QED) is 0.573. The summed E-state index contributed by atoms with van der Waals surface area (Å²) in [4.78, 5) is 0. The second-order valence-electron chi connectivity index (χ2n) is 4.07. The third-order valence-electron chi connectivity index (χ3n) is 2.71. The highest BCUT2D eigenvalue weighted by Crippen LogP contribution is 2.24. The molecule has 0 N–H and O–H groups in total. The van der Waals surface area contributed by atoms with Crippen molar-refractivity contribution in [2.45, 2.75) is 23.7 Å². The number of rotatable bonds is 7. The number of hydrogen-bond acceptors (Lipinski definition) is 6. The van der Waals surface area contributed by atoms with Gasteiger partial charge in [0.2, 0.25) is 5.16 Å². The van der Waals surface area contributed by atoms with Crippen molar-refractivity contribution in [3.63, 3.8) is 0 Å². The number of ether oxygens (including phenoxy) is 2. The minimum atomic E-state index is -0.448. The molecule has 2 rings (SSSR count). The molecule has 21 heavy (non-hydrogen) atoms. The number of halogens is 2. The van der Waals surface area contributed by atoms with Gasteiger partial charge in [0.25, 0.3) is 0 Å². The third-order valence-corrected chi connectivity index (χ3v) is 3.95. The predicted octanol–water partition coefficient (Wildman–Crippen LogP) is 2.38. The van der Waals surface area contributed by atoms with Crippen LogP contribution in [0.15, 0.2) is 23.4 Å². The van der Waals surface area contributed by atoms with Gasteiger partial charge in [0.1, 0.15) is 5.82 Å². The maximum Gasteiger partial charge on any atom is 0.209 e. The van der Waals surface area contributed by atoms with E-state index in [2.05, 4.69) is 15.5 Å². The molecule has 0 aliphatic heterocycles. The summed E-state index contributed by atoms with van der Waals surface area (Å²) >= 11 is 7.17. The number of methoxy groups -OCH3 is 2. The third kappa shape index (κ3) is 4.37. The van der Waals surface area contributed by atoms with Crippen molar-refractivity contribution in [2.75, 3.05) is 14.2 Å². The molecule has 9 heteroatoms. The summed E-state index contributed by atoms with van der Waals surface area (Å²) in [7, 11) is 3.07. The van der Waals surface area contributed by atoms with Crippen LogP contribution in [0.1, 0.15) is 5.56 Å². The highest BCUT2D eigenvalue weighted by molar-refractivity contribution is 7.98. The monoisotopic (exact) mass is 332 g/mol. The summed E-state index contributed by atoms with van der Waals surface area (Å²) in [5, 5.41) is 12.4. The first-order valence-corrected chi connectivity index (χ1v) is 7.39. The summed E-state index contributed by atoms with van der Waals surface area (Å²) in [6, 6.07) is 4.44. The van der Waals surface area contributed by atoms with Gasteiger partial charge in [-0.1, -0.05) is 23.4 Å². The first kappa shape index (κ1) is 16.2.